The molecule has 1 aromatic carbocycles. The fourth-order valence-corrected chi connectivity index (χ4v) is 5.05. The van der Waals surface area contributed by atoms with Crippen molar-refractivity contribution in [1.29, 1.82) is 0 Å². The molecule has 2 aromatic rings. The molecule has 2 aliphatic heterocycles. The number of halogens is 1. The molecule has 0 spiro atoms. The zero-order valence-corrected chi connectivity index (χ0v) is 13.2. The van der Waals surface area contributed by atoms with Crippen LogP contribution in [0.4, 0.5) is 0 Å². The standard InChI is InChI=1S/C18H22N2.ClH/c1-2-7-16-12(4-1)14-5-3-6-15-13-8-10-19-11-9-17(13)20(16)18(14)15;/h3,5-6,12,16,19H,1-2,4,7-11H2;1H. The second-order valence-electron chi connectivity index (χ2n) is 6.75. The maximum absolute atomic E-state index is 3.57. The third-order valence-corrected chi connectivity index (χ3v) is 5.82. The van der Waals surface area contributed by atoms with Gasteiger partial charge in [0.25, 0.3) is 0 Å². The summed E-state index contributed by atoms with van der Waals surface area (Å²) in [7, 11) is 0. The molecule has 2 atom stereocenters. The number of nitrogens with zero attached hydrogens (tertiary/aromatic N) is 1. The van der Waals surface area contributed by atoms with E-state index in [1.807, 2.05) is 0 Å². The molecule has 1 aliphatic carbocycles. The molecule has 0 saturated heterocycles. The van der Waals surface area contributed by atoms with E-state index in [4.69, 9.17) is 0 Å². The molecule has 3 aliphatic rings. The lowest BCUT2D eigenvalue weighted by Crippen LogP contribution is -2.19. The Morgan fingerprint density at radius 2 is 1.90 bits per heavy atom. The first-order valence-electron chi connectivity index (χ1n) is 8.30. The summed E-state index contributed by atoms with van der Waals surface area (Å²) < 4.78 is 2.77. The number of hydrogen-bond donors (Lipinski definition) is 1. The van der Waals surface area contributed by atoms with E-state index in [0.717, 1.165) is 25.0 Å². The Kier molecular flexibility index (Phi) is 3.27. The maximum atomic E-state index is 3.57. The van der Waals surface area contributed by atoms with Gasteiger partial charge in [0.05, 0.1) is 5.52 Å². The largest absolute Gasteiger partial charge is 0.340 e. The van der Waals surface area contributed by atoms with Gasteiger partial charge in [0, 0.05) is 36.0 Å². The van der Waals surface area contributed by atoms with Crippen LogP contribution in [0.3, 0.4) is 0 Å². The molecule has 3 heteroatoms. The van der Waals surface area contributed by atoms with Crippen LogP contribution < -0.4 is 5.32 Å². The summed E-state index contributed by atoms with van der Waals surface area (Å²) in [5, 5.41) is 5.14. The molecule has 2 nitrogen and oxygen atoms in total. The van der Waals surface area contributed by atoms with Crippen LogP contribution in [-0.2, 0) is 12.8 Å². The number of para-hydroxylation sites is 1. The topological polar surface area (TPSA) is 17.0 Å². The Labute approximate surface area is 132 Å². The van der Waals surface area contributed by atoms with Gasteiger partial charge in [-0.2, -0.15) is 0 Å². The normalized spacial score (nSPS) is 26.9. The minimum absolute atomic E-state index is 0. The Bertz CT molecular complexity index is 688. The third-order valence-electron chi connectivity index (χ3n) is 5.82. The van der Waals surface area contributed by atoms with Crippen LogP contribution in [0.15, 0.2) is 18.2 Å². The molecule has 1 saturated carbocycles. The molecule has 1 aromatic heterocycles. The van der Waals surface area contributed by atoms with Gasteiger partial charge in [-0.1, -0.05) is 31.0 Å². The number of hydrogen-bond acceptors (Lipinski definition) is 1. The maximum Gasteiger partial charge on any atom is 0.0524 e. The number of aromatic nitrogens is 1. The number of nitrogens with one attached hydrogen (secondary N) is 1. The van der Waals surface area contributed by atoms with Crippen LogP contribution in [0.1, 0.15) is 54.5 Å². The molecule has 2 unspecified atom stereocenters. The molecule has 3 heterocycles. The molecule has 5 rings (SSSR count). The van der Waals surface area contributed by atoms with Crippen LogP contribution in [0.5, 0.6) is 0 Å². The molecule has 1 N–H and O–H groups in total. The predicted molar refractivity (Wildman–Crippen MR) is 89.7 cm³/mol. The average molecular weight is 303 g/mol. The van der Waals surface area contributed by atoms with Crippen molar-refractivity contribution < 1.29 is 0 Å². The first kappa shape index (κ1) is 13.7. The summed E-state index contributed by atoms with van der Waals surface area (Å²) in [6, 6.07) is 7.85. The summed E-state index contributed by atoms with van der Waals surface area (Å²) in [5.74, 6) is 0.809. The van der Waals surface area contributed by atoms with E-state index in [1.165, 1.54) is 38.5 Å². The fourth-order valence-electron chi connectivity index (χ4n) is 5.05. The van der Waals surface area contributed by atoms with E-state index >= 15 is 0 Å². The van der Waals surface area contributed by atoms with Gasteiger partial charge in [0.2, 0.25) is 0 Å². The van der Waals surface area contributed by atoms with E-state index in [-0.39, 0.29) is 12.4 Å². The van der Waals surface area contributed by atoms with Gasteiger partial charge in [-0.3, -0.25) is 0 Å². The van der Waals surface area contributed by atoms with Crippen molar-refractivity contribution in [3.8, 4) is 0 Å². The second-order valence-corrected chi connectivity index (χ2v) is 6.75. The monoisotopic (exact) mass is 302 g/mol. The summed E-state index contributed by atoms with van der Waals surface area (Å²) in [5.41, 5.74) is 6.58. The van der Waals surface area contributed by atoms with Gasteiger partial charge >= 0.3 is 0 Å². The number of rotatable bonds is 0. The van der Waals surface area contributed by atoms with E-state index < -0.39 is 0 Å². The van der Waals surface area contributed by atoms with Gasteiger partial charge in [0.1, 0.15) is 0 Å². The minimum Gasteiger partial charge on any atom is -0.340 e. The van der Waals surface area contributed by atoms with Crippen LogP contribution in [0.25, 0.3) is 10.9 Å². The Hall–Kier alpha value is -0.990. The van der Waals surface area contributed by atoms with E-state index in [1.54, 1.807) is 27.7 Å². The zero-order chi connectivity index (χ0) is 13.1. The van der Waals surface area contributed by atoms with E-state index in [2.05, 4.69) is 28.1 Å². The van der Waals surface area contributed by atoms with Crippen molar-refractivity contribution in [1.82, 2.24) is 9.88 Å². The van der Waals surface area contributed by atoms with E-state index in [0.29, 0.717) is 0 Å². The highest BCUT2D eigenvalue weighted by atomic mass is 35.5. The number of benzene rings is 1. The minimum atomic E-state index is 0. The zero-order valence-electron chi connectivity index (χ0n) is 12.4. The van der Waals surface area contributed by atoms with Crippen LogP contribution in [-0.4, -0.2) is 17.7 Å². The smallest absolute Gasteiger partial charge is 0.0524 e. The summed E-state index contributed by atoms with van der Waals surface area (Å²) >= 11 is 0. The van der Waals surface area contributed by atoms with Gasteiger partial charge in [-0.25, -0.2) is 0 Å². The molecule has 0 radical (unpaired) electrons. The molecule has 21 heavy (non-hydrogen) atoms. The molecule has 0 bridgehead atoms. The van der Waals surface area contributed by atoms with Crippen molar-refractivity contribution in [2.24, 2.45) is 0 Å². The highest BCUT2D eigenvalue weighted by Crippen LogP contribution is 2.52. The van der Waals surface area contributed by atoms with Crippen LogP contribution in [0.2, 0.25) is 0 Å². The first-order valence-corrected chi connectivity index (χ1v) is 8.30. The third kappa shape index (κ3) is 1.75. The number of fused-ring (bicyclic) bond motifs is 6. The van der Waals surface area contributed by atoms with Crippen molar-refractivity contribution in [2.75, 3.05) is 13.1 Å². The van der Waals surface area contributed by atoms with Crippen molar-refractivity contribution >= 4 is 23.3 Å². The van der Waals surface area contributed by atoms with E-state index in [9.17, 15) is 0 Å². The van der Waals surface area contributed by atoms with Gasteiger partial charge in [0.15, 0.2) is 0 Å². The van der Waals surface area contributed by atoms with Crippen molar-refractivity contribution in [3.05, 3.63) is 35.0 Å². The lowest BCUT2D eigenvalue weighted by Gasteiger charge is -2.29. The van der Waals surface area contributed by atoms with Gasteiger partial charge in [-0.05, 0) is 36.9 Å². The SMILES string of the molecule is Cl.c1cc2c3c(c1)c1c(n3C3CCCCC23)CCNCC1. The fraction of sp³-hybridized carbons (Fsp3) is 0.556. The van der Waals surface area contributed by atoms with Crippen LogP contribution >= 0.6 is 12.4 Å². The highest BCUT2D eigenvalue weighted by molar-refractivity contribution is 5.90. The molecule has 0 amide bonds. The Morgan fingerprint density at radius 1 is 1.05 bits per heavy atom. The molecular weight excluding hydrogens is 280 g/mol. The molecule has 1 fully saturated rings. The molecule has 112 valence electrons. The first-order chi connectivity index (χ1) is 9.95. The molecular formula is C18H23ClN2. The van der Waals surface area contributed by atoms with Gasteiger partial charge in [-0.15, -0.1) is 12.4 Å². The quantitative estimate of drug-likeness (QED) is 0.779. The van der Waals surface area contributed by atoms with Crippen molar-refractivity contribution in [2.45, 2.75) is 50.5 Å². The Morgan fingerprint density at radius 3 is 2.86 bits per heavy atom. The average Bonchev–Trinajstić information content (AvgIpc) is 2.87. The Balaban J connectivity index is 0.00000115. The highest BCUT2D eigenvalue weighted by Gasteiger charge is 2.38. The predicted octanol–water partition coefficient (Wildman–Crippen LogP) is 3.96. The lowest BCUT2D eigenvalue weighted by molar-refractivity contribution is 0.326. The summed E-state index contributed by atoms with van der Waals surface area (Å²) in [6.45, 7) is 2.29. The second kappa shape index (κ2) is 5.03. The van der Waals surface area contributed by atoms with Crippen LogP contribution in [0, 0.1) is 0 Å². The van der Waals surface area contributed by atoms with Gasteiger partial charge < -0.3 is 9.88 Å². The summed E-state index contributed by atoms with van der Waals surface area (Å²) in [4.78, 5) is 0. The summed E-state index contributed by atoms with van der Waals surface area (Å²) in [6.07, 6.45) is 8.06. The lowest BCUT2D eigenvalue weighted by atomic mass is 9.81. The van der Waals surface area contributed by atoms with Crippen molar-refractivity contribution in [3.63, 3.8) is 0 Å².